The van der Waals surface area contributed by atoms with Crippen LogP contribution in [0.25, 0.3) is 0 Å². The van der Waals surface area contributed by atoms with Crippen LogP contribution in [0.3, 0.4) is 0 Å². The fourth-order valence-electron chi connectivity index (χ4n) is 2.30. The topological polar surface area (TPSA) is 55.1 Å². The van der Waals surface area contributed by atoms with E-state index in [4.69, 9.17) is 23.2 Å². The number of hydrogen-bond donors (Lipinski definition) is 1. The van der Waals surface area contributed by atoms with Gasteiger partial charge in [0.1, 0.15) is 0 Å². The number of rotatable bonds is 5. The fourth-order valence-corrected chi connectivity index (χ4v) is 2.64. The molecule has 0 saturated heterocycles. The summed E-state index contributed by atoms with van der Waals surface area (Å²) in [5.74, 6) is -1.57. The van der Waals surface area contributed by atoms with Crippen molar-refractivity contribution in [2.75, 3.05) is 0 Å². The molecule has 0 aliphatic rings. The normalized spacial score (nSPS) is 12.4. The van der Waals surface area contributed by atoms with Crippen LogP contribution in [0.2, 0.25) is 10.0 Å². The van der Waals surface area contributed by atoms with Gasteiger partial charge >= 0.3 is 5.97 Å². The minimum atomic E-state index is -0.894. The summed E-state index contributed by atoms with van der Waals surface area (Å²) in [6.07, 6.45) is 0.296. The summed E-state index contributed by atoms with van der Waals surface area (Å²) >= 11 is 12.1. The Bertz CT molecular complexity index is 650. The van der Waals surface area contributed by atoms with E-state index in [9.17, 15) is 9.90 Å². The maximum Gasteiger partial charge on any atom is 0.311 e. The number of carboxylic acids is 1. The van der Waals surface area contributed by atoms with Crippen molar-refractivity contribution in [3.05, 3.63) is 51.3 Å². The predicted octanol–water partition coefficient (Wildman–Crippen LogP) is 3.93. The molecule has 2 aromatic rings. The minimum absolute atomic E-state index is 0.296. The summed E-state index contributed by atoms with van der Waals surface area (Å²) in [5.41, 5.74) is 2.16. The molecule has 0 aliphatic heterocycles. The SMILES string of the molecule is CCn1nc(C)c(Cl)c1CC(C(=O)O)c1ccc(Cl)cc1. The van der Waals surface area contributed by atoms with Gasteiger partial charge in [-0.1, -0.05) is 35.3 Å². The molecular weight excluding hydrogens is 311 g/mol. The van der Waals surface area contributed by atoms with Gasteiger partial charge in [0.15, 0.2) is 0 Å². The summed E-state index contributed by atoms with van der Waals surface area (Å²) in [4.78, 5) is 11.6. The van der Waals surface area contributed by atoms with Crippen molar-refractivity contribution in [3.8, 4) is 0 Å². The standard InChI is InChI=1S/C15H16Cl2N2O2/c1-3-19-13(14(17)9(2)18-19)8-12(15(20)21)10-4-6-11(16)7-5-10/h4-7,12H,3,8H2,1-2H3,(H,20,21). The minimum Gasteiger partial charge on any atom is -0.481 e. The van der Waals surface area contributed by atoms with Crippen molar-refractivity contribution in [2.24, 2.45) is 0 Å². The molecule has 1 unspecified atom stereocenters. The van der Waals surface area contributed by atoms with Crippen LogP contribution in [0.1, 0.15) is 29.8 Å². The van der Waals surface area contributed by atoms with Crippen LogP contribution < -0.4 is 0 Å². The van der Waals surface area contributed by atoms with Gasteiger partial charge in [0.05, 0.1) is 22.3 Å². The molecule has 6 heteroatoms. The van der Waals surface area contributed by atoms with Crippen LogP contribution in [-0.2, 0) is 17.8 Å². The molecule has 1 aromatic carbocycles. The highest BCUT2D eigenvalue weighted by Crippen LogP contribution is 2.28. The number of aromatic nitrogens is 2. The number of carbonyl (C=O) groups is 1. The van der Waals surface area contributed by atoms with E-state index in [2.05, 4.69) is 5.10 Å². The largest absolute Gasteiger partial charge is 0.481 e. The molecule has 1 aromatic heterocycles. The Hall–Kier alpha value is -1.52. The van der Waals surface area contributed by atoms with E-state index >= 15 is 0 Å². The molecule has 2 rings (SSSR count). The number of aliphatic carboxylic acids is 1. The van der Waals surface area contributed by atoms with Gasteiger partial charge in [0.2, 0.25) is 0 Å². The van der Waals surface area contributed by atoms with Crippen LogP contribution in [-0.4, -0.2) is 20.9 Å². The maximum absolute atomic E-state index is 11.6. The highest BCUT2D eigenvalue weighted by Gasteiger charge is 2.24. The zero-order valence-electron chi connectivity index (χ0n) is 11.8. The van der Waals surface area contributed by atoms with Crippen molar-refractivity contribution >= 4 is 29.2 Å². The lowest BCUT2D eigenvalue weighted by Gasteiger charge is -2.14. The molecule has 21 heavy (non-hydrogen) atoms. The summed E-state index contributed by atoms with van der Waals surface area (Å²) < 4.78 is 1.75. The molecule has 0 radical (unpaired) electrons. The second-order valence-electron chi connectivity index (χ2n) is 4.81. The first-order chi connectivity index (χ1) is 9.93. The fraction of sp³-hybridized carbons (Fsp3) is 0.333. The zero-order valence-corrected chi connectivity index (χ0v) is 13.3. The quantitative estimate of drug-likeness (QED) is 0.905. The van der Waals surface area contributed by atoms with Crippen molar-refractivity contribution in [1.82, 2.24) is 9.78 Å². The van der Waals surface area contributed by atoms with E-state index in [-0.39, 0.29) is 0 Å². The molecule has 0 amide bonds. The van der Waals surface area contributed by atoms with Gasteiger partial charge in [-0.2, -0.15) is 5.10 Å². The lowest BCUT2D eigenvalue weighted by atomic mass is 9.94. The van der Waals surface area contributed by atoms with E-state index in [1.807, 2.05) is 13.8 Å². The van der Waals surface area contributed by atoms with E-state index in [1.54, 1.807) is 28.9 Å². The number of halogens is 2. The first-order valence-electron chi connectivity index (χ1n) is 6.64. The highest BCUT2D eigenvalue weighted by molar-refractivity contribution is 6.32. The Morgan fingerprint density at radius 1 is 1.33 bits per heavy atom. The van der Waals surface area contributed by atoms with Crippen molar-refractivity contribution in [1.29, 1.82) is 0 Å². The van der Waals surface area contributed by atoms with Crippen LogP contribution in [0.15, 0.2) is 24.3 Å². The molecule has 0 saturated carbocycles. The first kappa shape index (κ1) is 15.9. The summed E-state index contributed by atoms with van der Waals surface area (Å²) in [6.45, 7) is 4.41. The van der Waals surface area contributed by atoms with Gasteiger partial charge in [0, 0.05) is 18.0 Å². The third-order valence-corrected chi connectivity index (χ3v) is 4.16. The smallest absolute Gasteiger partial charge is 0.311 e. The Morgan fingerprint density at radius 3 is 2.48 bits per heavy atom. The number of hydrogen-bond acceptors (Lipinski definition) is 2. The average Bonchev–Trinajstić information content (AvgIpc) is 2.72. The number of nitrogens with zero attached hydrogens (tertiary/aromatic N) is 2. The zero-order chi connectivity index (χ0) is 15.6. The molecule has 0 fully saturated rings. The van der Waals surface area contributed by atoms with Crippen molar-refractivity contribution < 1.29 is 9.90 Å². The lowest BCUT2D eigenvalue weighted by molar-refractivity contribution is -0.138. The van der Waals surface area contributed by atoms with Crippen LogP contribution >= 0.6 is 23.2 Å². The third-order valence-electron chi connectivity index (χ3n) is 3.42. The highest BCUT2D eigenvalue weighted by atomic mass is 35.5. The summed E-state index contributed by atoms with van der Waals surface area (Å²) in [6, 6.07) is 6.84. The van der Waals surface area contributed by atoms with Crippen LogP contribution in [0.4, 0.5) is 0 Å². The molecule has 1 atom stereocenters. The Labute approximate surface area is 133 Å². The predicted molar refractivity (Wildman–Crippen MR) is 83.2 cm³/mol. The van der Waals surface area contributed by atoms with Crippen LogP contribution in [0.5, 0.6) is 0 Å². The van der Waals surface area contributed by atoms with Gasteiger partial charge < -0.3 is 5.11 Å². The molecule has 4 nitrogen and oxygen atoms in total. The molecule has 1 N–H and O–H groups in total. The van der Waals surface area contributed by atoms with Gasteiger partial charge in [-0.25, -0.2) is 0 Å². The maximum atomic E-state index is 11.6. The Morgan fingerprint density at radius 2 is 1.95 bits per heavy atom. The lowest BCUT2D eigenvalue weighted by Crippen LogP contribution is -2.17. The van der Waals surface area contributed by atoms with Crippen molar-refractivity contribution in [2.45, 2.75) is 32.7 Å². The number of aryl methyl sites for hydroxylation is 2. The summed E-state index contributed by atoms with van der Waals surface area (Å²) in [7, 11) is 0. The average molecular weight is 327 g/mol. The Kier molecular flexibility index (Phi) is 4.91. The monoisotopic (exact) mass is 326 g/mol. The van der Waals surface area contributed by atoms with Crippen molar-refractivity contribution in [3.63, 3.8) is 0 Å². The van der Waals surface area contributed by atoms with E-state index in [0.717, 1.165) is 5.69 Å². The molecule has 0 bridgehead atoms. The number of benzene rings is 1. The van der Waals surface area contributed by atoms with E-state index in [1.165, 1.54) is 0 Å². The summed E-state index contributed by atoms with van der Waals surface area (Å²) in [5, 5.41) is 15.0. The Balaban J connectivity index is 2.37. The van der Waals surface area contributed by atoms with E-state index < -0.39 is 11.9 Å². The molecule has 0 spiro atoms. The van der Waals surface area contributed by atoms with Gasteiger partial charge in [-0.15, -0.1) is 0 Å². The van der Waals surface area contributed by atoms with Gasteiger partial charge in [-0.3, -0.25) is 9.48 Å². The molecular formula is C15H16Cl2N2O2. The van der Waals surface area contributed by atoms with Crippen LogP contribution in [0, 0.1) is 6.92 Å². The molecule has 0 aliphatic carbocycles. The second-order valence-corrected chi connectivity index (χ2v) is 5.62. The molecule has 1 heterocycles. The van der Waals surface area contributed by atoms with Gasteiger partial charge in [-0.05, 0) is 31.5 Å². The third kappa shape index (κ3) is 3.39. The first-order valence-corrected chi connectivity index (χ1v) is 7.39. The second kappa shape index (κ2) is 6.50. The number of carboxylic acid groups (broad SMARTS) is 1. The molecule has 112 valence electrons. The van der Waals surface area contributed by atoms with Gasteiger partial charge in [0.25, 0.3) is 0 Å². The van der Waals surface area contributed by atoms with E-state index in [0.29, 0.717) is 34.3 Å².